The van der Waals surface area contributed by atoms with E-state index in [0.29, 0.717) is 19.2 Å². The summed E-state index contributed by atoms with van der Waals surface area (Å²) in [6.45, 7) is 4.73. The summed E-state index contributed by atoms with van der Waals surface area (Å²) in [5.41, 5.74) is 0. The van der Waals surface area contributed by atoms with Crippen LogP contribution in [0, 0.1) is 0 Å². The zero-order valence-corrected chi connectivity index (χ0v) is 25.6. The van der Waals surface area contributed by atoms with Crippen molar-refractivity contribution in [3.05, 3.63) is 36.8 Å². The number of carbonyl (C=O) groups is 1. The van der Waals surface area contributed by atoms with Crippen molar-refractivity contribution in [1.82, 2.24) is 0 Å². The molecule has 5 heteroatoms. The summed E-state index contributed by atoms with van der Waals surface area (Å²) in [6, 6.07) is 0. The molecule has 2 saturated heterocycles. The molecular weight excluding hydrogens is 524 g/mol. The summed E-state index contributed by atoms with van der Waals surface area (Å²) in [4.78, 5) is 10.9. The molecule has 0 amide bonds. The summed E-state index contributed by atoms with van der Waals surface area (Å²) >= 11 is 0. The molecule has 0 N–H and O–H groups in total. The van der Waals surface area contributed by atoms with Crippen LogP contribution in [-0.4, -0.2) is 31.6 Å². The number of ether oxygens (including phenoxy) is 4. The van der Waals surface area contributed by atoms with Gasteiger partial charge in [0.25, 0.3) is 5.95 Å². The van der Waals surface area contributed by atoms with Crippen LogP contribution in [0.5, 0.6) is 0 Å². The Kier molecular flexibility index (Phi) is 27.8. The Labute approximate surface area is 260 Å². The first-order valence-corrected chi connectivity index (χ1v) is 16.9. The summed E-state index contributed by atoms with van der Waals surface area (Å²) < 4.78 is 20.5. The second-order valence-electron chi connectivity index (χ2n) is 11.8. The molecular formula is C37H68O5. The number of carbonyl (C=O) groups excluding carboxylic acids is 1. The fourth-order valence-corrected chi connectivity index (χ4v) is 5.48. The van der Waals surface area contributed by atoms with E-state index >= 15 is 0 Å². The molecule has 246 valence electrons. The third-order valence-electron chi connectivity index (χ3n) is 8.00. The zero-order valence-electron chi connectivity index (χ0n) is 25.6. The standard InChI is InChI=1S/C35H60O5.2CH4/c1-32-37-30-33(39-32)28-26-24-22-20-18-16-14-12-10-8-6-4-2-3-5-7-9-11-13-15-17-19-21-23-25-27-29-34-31-38-35(36)40-34;;/h24-27,33-34H,1-23,28-31H2;2*1H4/b26-24+,27-25+;;. The molecule has 0 radical (unpaired) electrons. The molecule has 2 aliphatic heterocycles. The van der Waals surface area contributed by atoms with Crippen molar-refractivity contribution in [2.45, 2.75) is 181 Å². The Balaban J connectivity index is 0.00000840. The van der Waals surface area contributed by atoms with E-state index in [2.05, 4.69) is 30.9 Å². The molecule has 42 heavy (non-hydrogen) atoms. The fraction of sp³-hybridized carbons (Fsp3) is 0.811. The number of hydrogen-bond donors (Lipinski definition) is 0. The SMILES string of the molecule is C.C.C=C1OCC(C/C=C/CCCCCCCCCCCCCCCCCCCCCC/C=C/CC2COC(=O)O2)O1. The lowest BCUT2D eigenvalue weighted by atomic mass is 10.0. The van der Waals surface area contributed by atoms with E-state index in [1.54, 1.807) is 0 Å². The molecule has 2 aliphatic rings. The van der Waals surface area contributed by atoms with Gasteiger partial charge in [-0.15, -0.1) is 0 Å². The van der Waals surface area contributed by atoms with Gasteiger partial charge in [-0.05, 0) is 32.3 Å². The minimum Gasteiger partial charge on any atom is -0.462 e. The van der Waals surface area contributed by atoms with Crippen LogP contribution in [0.2, 0.25) is 0 Å². The maximum Gasteiger partial charge on any atom is 0.508 e. The highest BCUT2D eigenvalue weighted by Crippen LogP contribution is 2.17. The summed E-state index contributed by atoms with van der Waals surface area (Å²) in [6.07, 6.45) is 40.5. The minimum absolute atomic E-state index is 0. The monoisotopic (exact) mass is 593 g/mol. The normalized spacial score (nSPS) is 18.0. The maximum atomic E-state index is 10.9. The predicted octanol–water partition coefficient (Wildman–Crippen LogP) is 12.2. The topological polar surface area (TPSA) is 54.0 Å². The largest absolute Gasteiger partial charge is 0.508 e. The fourth-order valence-electron chi connectivity index (χ4n) is 5.48. The average Bonchev–Trinajstić information content (AvgIpc) is 3.57. The molecule has 2 fully saturated rings. The Hall–Kier alpha value is -1.91. The summed E-state index contributed by atoms with van der Waals surface area (Å²) in [7, 11) is 0. The quantitative estimate of drug-likeness (QED) is 0.0539. The molecule has 2 atom stereocenters. The lowest BCUT2D eigenvalue weighted by Crippen LogP contribution is -2.07. The molecule has 2 unspecified atom stereocenters. The predicted molar refractivity (Wildman–Crippen MR) is 179 cm³/mol. The molecule has 0 saturated carbocycles. The third-order valence-corrected chi connectivity index (χ3v) is 8.00. The first kappa shape index (κ1) is 40.1. The van der Waals surface area contributed by atoms with Gasteiger partial charge >= 0.3 is 6.16 Å². The van der Waals surface area contributed by atoms with Gasteiger partial charge in [0.15, 0.2) is 0 Å². The van der Waals surface area contributed by atoms with Crippen LogP contribution in [-0.2, 0) is 18.9 Å². The van der Waals surface area contributed by atoms with Crippen molar-refractivity contribution in [3.8, 4) is 0 Å². The van der Waals surface area contributed by atoms with Crippen LogP contribution in [0.3, 0.4) is 0 Å². The number of cyclic esters (lactones) is 2. The number of hydrogen-bond acceptors (Lipinski definition) is 5. The Morgan fingerprint density at radius 1 is 0.500 bits per heavy atom. The van der Waals surface area contributed by atoms with Crippen molar-refractivity contribution in [3.63, 3.8) is 0 Å². The lowest BCUT2D eigenvalue weighted by Gasteiger charge is -2.04. The van der Waals surface area contributed by atoms with Gasteiger partial charge in [-0.2, -0.15) is 0 Å². The first-order valence-electron chi connectivity index (χ1n) is 16.9. The van der Waals surface area contributed by atoms with Gasteiger partial charge in [-0.3, -0.25) is 0 Å². The Morgan fingerprint density at radius 3 is 1.14 bits per heavy atom. The molecule has 0 aliphatic carbocycles. The van der Waals surface area contributed by atoms with Crippen LogP contribution in [0.4, 0.5) is 4.79 Å². The maximum absolute atomic E-state index is 10.9. The third kappa shape index (κ3) is 23.6. The van der Waals surface area contributed by atoms with E-state index in [-0.39, 0.29) is 27.1 Å². The molecule has 2 heterocycles. The second kappa shape index (κ2) is 29.2. The highest BCUT2D eigenvalue weighted by Gasteiger charge is 2.23. The van der Waals surface area contributed by atoms with E-state index in [9.17, 15) is 4.79 Å². The average molecular weight is 593 g/mol. The smallest absolute Gasteiger partial charge is 0.462 e. The molecule has 0 aromatic heterocycles. The van der Waals surface area contributed by atoms with Crippen molar-refractivity contribution in [2.75, 3.05) is 13.2 Å². The van der Waals surface area contributed by atoms with Crippen LogP contribution in [0.1, 0.15) is 169 Å². The van der Waals surface area contributed by atoms with E-state index in [4.69, 9.17) is 18.9 Å². The highest BCUT2D eigenvalue weighted by atomic mass is 16.8. The van der Waals surface area contributed by atoms with Gasteiger partial charge in [0.1, 0.15) is 25.4 Å². The first-order chi connectivity index (χ1) is 19.7. The van der Waals surface area contributed by atoms with Gasteiger partial charge in [0, 0.05) is 12.8 Å². The van der Waals surface area contributed by atoms with Gasteiger partial charge < -0.3 is 18.9 Å². The van der Waals surface area contributed by atoms with Crippen molar-refractivity contribution < 1.29 is 23.7 Å². The molecule has 0 aromatic rings. The van der Waals surface area contributed by atoms with Crippen LogP contribution >= 0.6 is 0 Å². The lowest BCUT2D eigenvalue weighted by molar-refractivity contribution is 0.118. The van der Waals surface area contributed by atoms with Crippen LogP contribution < -0.4 is 0 Å². The molecule has 0 spiro atoms. The van der Waals surface area contributed by atoms with Crippen LogP contribution in [0.15, 0.2) is 36.8 Å². The Morgan fingerprint density at radius 2 is 0.833 bits per heavy atom. The van der Waals surface area contributed by atoms with Crippen molar-refractivity contribution >= 4 is 6.16 Å². The van der Waals surface area contributed by atoms with E-state index in [1.807, 2.05) is 0 Å². The minimum atomic E-state index is -0.525. The van der Waals surface area contributed by atoms with Crippen LogP contribution in [0.25, 0.3) is 0 Å². The van der Waals surface area contributed by atoms with Gasteiger partial charge in [-0.1, -0.05) is 155 Å². The molecule has 2 rings (SSSR count). The van der Waals surface area contributed by atoms with Gasteiger partial charge in [0.2, 0.25) is 0 Å². The highest BCUT2D eigenvalue weighted by molar-refractivity contribution is 5.61. The summed E-state index contributed by atoms with van der Waals surface area (Å²) in [5, 5.41) is 0. The second-order valence-corrected chi connectivity index (χ2v) is 11.8. The zero-order chi connectivity index (χ0) is 28.4. The van der Waals surface area contributed by atoms with E-state index < -0.39 is 6.16 Å². The van der Waals surface area contributed by atoms with Crippen molar-refractivity contribution in [1.29, 1.82) is 0 Å². The van der Waals surface area contributed by atoms with Gasteiger partial charge in [-0.25, -0.2) is 4.79 Å². The van der Waals surface area contributed by atoms with E-state index in [0.717, 1.165) is 19.3 Å². The molecule has 0 bridgehead atoms. The molecule has 0 aromatic carbocycles. The van der Waals surface area contributed by atoms with Gasteiger partial charge in [0.05, 0.1) is 0 Å². The van der Waals surface area contributed by atoms with E-state index in [1.165, 1.54) is 135 Å². The Bertz CT molecular complexity index is 628. The number of allylic oxidation sites excluding steroid dienone is 2. The summed E-state index contributed by atoms with van der Waals surface area (Å²) in [5.74, 6) is 0.472. The molecule has 5 nitrogen and oxygen atoms in total. The van der Waals surface area contributed by atoms with Crippen molar-refractivity contribution in [2.24, 2.45) is 0 Å². The number of unbranched alkanes of at least 4 members (excludes halogenated alkanes) is 21. The number of rotatable bonds is 27.